The molecule has 0 aliphatic rings. The molecule has 2 rings (SSSR count). The molecular formula is C21H26N4O5S. The minimum absolute atomic E-state index is 0.121. The number of amides is 2. The van der Waals surface area contributed by atoms with Crippen molar-refractivity contribution in [3.8, 4) is 0 Å². The third kappa shape index (κ3) is 5.88. The number of aryl methyl sites for hydroxylation is 2. The van der Waals surface area contributed by atoms with Crippen LogP contribution in [0.5, 0.6) is 0 Å². The summed E-state index contributed by atoms with van der Waals surface area (Å²) >= 11 is 0.877. The second-order valence-corrected chi connectivity index (χ2v) is 8.43. The van der Waals surface area contributed by atoms with Crippen molar-refractivity contribution in [1.82, 2.24) is 8.61 Å². The number of carbonyl (C=O) groups excluding carboxylic acids is 2. The number of hydrogen-bond acceptors (Lipinski definition) is 7. The molecule has 31 heavy (non-hydrogen) atoms. The molecule has 0 unspecified atom stereocenters. The summed E-state index contributed by atoms with van der Waals surface area (Å²) in [5.41, 5.74) is 3.69. The first-order valence-electron chi connectivity index (χ1n) is 9.40. The van der Waals surface area contributed by atoms with E-state index in [2.05, 4.69) is 0 Å². The van der Waals surface area contributed by atoms with E-state index >= 15 is 0 Å². The van der Waals surface area contributed by atoms with Crippen LogP contribution in [0.25, 0.3) is 0 Å². The maximum absolute atomic E-state index is 12.8. The zero-order valence-electron chi connectivity index (χ0n) is 18.4. The van der Waals surface area contributed by atoms with E-state index in [1.807, 2.05) is 45.0 Å². The Kier molecular flexibility index (Phi) is 7.87. The van der Waals surface area contributed by atoms with Crippen molar-refractivity contribution in [2.75, 3.05) is 33.1 Å². The predicted octanol–water partition coefficient (Wildman–Crippen LogP) is 4.18. The molecule has 0 saturated carbocycles. The van der Waals surface area contributed by atoms with E-state index in [1.54, 1.807) is 19.2 Å². The summed E-state index contributed by atoms with van der Waals surface area (Å²) in [6, 6.07) is 9.67. The fourth-order valence-electron chi connectivity index (χ4n) is 3.26. The number of nitrogens with zero attached hydrogens (tertiary/aromatic N) is 4. The molecule has 0 aromatic heterocycles. The molecule has 0 heterocycles. The van der Waals surface area contributed by atoms with Crippen LogP contribution in [0.15, 0.2) is 36.4 Å². The number of carbonyl (C=O) groups is 2. The van der Waals surface area contributed by atoms with Crippen LogP contribution in [0.2, 0.25) is 0 Å². The number of hydrogen-bond donors (Lipinski definition) is 0. The van der Waals surface area contributed by atoms with Crippen LogP contribution in [0.3, 0.4) is 0 Å². The standard InChI is InChI=1S/C21H26N4O5S/c1-14-11-17(12-15(2)19(14)22(3)4)20(26)23(5)31-24(6)21(27)30-13-16-9-7-8-10-18(16)25(28)29/h7-12H,13H2,1-6H3. The van der Waals surface area contributed by atoms with Gasteiger partial charge in [0.1, 0.15) is 6.61 Å². The Morgan fingerprint density at radius 3 is 2.16 bits per heavy atom. The van der Waals surface area contributed by atoms with Gasteiger partial charge in [0.15, 0.2) is 0 Å². The van der Waals surface area contributed by atoms with Crippen LogP contribution in [-0.2, 0) is 11.3 Å². The first kappa shape index (κ1) is 24.0. The van der Waals surface area contributed by atoms with Crippen LogP contribution >= 0.6 is 12.1 Å². The molecule has 0 atom stereocenters. The van der Waals surface area contributed by atoms with Gasteiger partial charge in [0.2, 0.25) is 0 Å². The summed E-state index contributed by atoms with van der Waals surface area (Å²) in [4.78, 5) is 37.6. The Morgan fingerprint density at radius 2 is 1.61 bits per heavy atom. The van der Waals surface area contributed by atoms with Gasteiger partial charge in [-0.15, -0.1) is 0 Å². The first-order chi connectivity index (χ1) is 14.5. The Bertz CT molecular complexity index is 972. The summed E-state index contributed by atoms with van der Waals surface area (Å²) in [5.74, 6) is -0.264. The molecule has 0 fully saturated rings. The largest absolute Gasteiger partial charge is 0.444 e. The molecule has 0 saturated heterocycles. The van der Waals surface area contributed by atoms with Gasteiger partial charge in [-0.3, -0.25) is 19.2 Å². The van der Waals surface area contributed by atoms with Crippen molar-refractivity contribution in [2.45, 2.75) is 20.5 Å². The summed E-state index contributed by atoms with van der Waals surface area (Å²) < 4.78 is 7.65. The molecule has 2 aromatic rings. The quantitative estimate of drug-likeness (QED) is 0.358. The highest BCUT2D eigenvalue weighted by molar-refractivity contribution is 7.95. The highest BCUT2D eigenvalue weighted by atomic mass is 32.2. The summed E-state index contributed by atoms with van der Waals surface area (Å²) in [7, 11) is 6.91. The maximum atomic E-state index is 12.8. The van der Waals surface area contributed by atoms with E-state index in [0.717, 1.165) is 33.3 Å². The van der Waals surface area contributed by atoms with Crippen molar-refractivity contribution in [1.29, 1.82) is 0 Å². The minimum Gasteiger partial charge on any atom is -0.444 e. The molecule has 0 spiro atoms. The van der Waals surface area contributed by atoms with E-state index < -0.39 is 11.0 Å². The summed E-state index contributed by atoms with van der Waals surface area (Å²) in [5, 5.41) is 11.1. The van der Waals surface area contributed by atoms with Crippen molar-refractivity contribution >= 4 is 35.5 Å². The zero-order valence-corrected chi connectivity index (χ0v) is 19.2. The van der Waals surface area contributed by atoms with Gasteiger partial charge in [-0.2, -0.15) is 0 Å². The minimum atomic E-state index is -0.724. The van der Waals surface area contributed by atoms with Crippen molar-refractivity contribution < 1.29 is 19.2 Å². The van der Waals surface area contributed by atoms with Crippen LogP contribution in [-0.4, -0.2) is 53.7 Å². The lowest BCUT2D eigenvalue weighted by molar-refractivity contribution is -0.385. The average molecular weight is 447 g/mol. The maximum Gasteiger partial charge on any atom is 0.421 e. The second-order valence-electron chi connectivity index (χ2n) is 7.18. The number of benzene rings is 2. The van der Waals surface area contributed by atoms with Gasteiger partial charge in [0, 0.05) is 45.5 Å². The van der Waals surface area contributed by atoms with Crippen LogP contribution in [0.1, 0.15) is 27.0 Å². The molecule has 166 valence electrons. The van der Waals surface area contributed by atoms with Gasteiger partial charge in [-0.25, -0.2) is 9.10 Å². The molecule has 10 heteroatoms. The lowest BCUT2D eigenvalue weighted by Gasteiger charge is -2.24. The van der Waals surface area contributed by atoms with E-state index in [9.17, 15) is 19.7 Å². The predicted molar refractivity (Wildman–Crippen MR) is 121 cm³/mol. The van der Waals surface area contributed by atoms with Gasteiger partial charge in [-0.1, -0.05) is 12.1 Å². The van der Waals surface area contributed by atoms with Gasteiger partial charge in [-0.05, 0) is 43.2 Å². The normalized spacial score (nSPS) is 10.4. The fourth-order valence-corrected chi connectivity index (χ4v) is 3.93. The second kappa shape index (κ2) is 10.2. The molecule has 0 aliphatic carbocycles. The third-order valence-electron chi connectivity index (χ3n) is 4.51. The van der Waals surface area contributed by atoms with Crippen LogP contribution in [0.4, 0.5) is 16.2 Å². The van der Waals surface area contributed by atoms with E-state index in [1.165, 1.54) is 23.5 Å². The molecular weight excluding hydrogens is 420 g/mol. The number of anilines is 1. The Hall–Kier alpha value is -3.27. The van der Waals surface area contributed by atoms with Gasteiger partial charge in [0.25, 0.3) is 11.6 Å². The number of ether oxygens (including phenoxy) is 1. The Morgan fingerprint density at radius 1 is 1.03 bits per heavy atom. The number of para-hydroxylation sites is 1. The topological polar surface area (TPSA) is 96.2 Å². The summed E-state index contributed by atoms with van der Waals surface area (Å²) in [6.07, 6.45) is -0.724. The van der Waals surface area contributed by atoms with Crippen molar-refractivity contribution in [2.24, 2.45) is 0 Å². The average Bonchev–Trinajstić information content (AvgIpc) is 2.70. The Balaban J connectivity index is 2.02. The molecule has 9 nitrogen and oxygen atoms in total. The molecule has 0 radical (unpaired) electrons. The first-order valence-corrected chi connectivity index (χ1v) is 10.1. The van der Waals surface area contributed by atoms with Crippen molar-refractivity contribution in [3.63, 3.8) is 0 Å². The number of nitro benzene ring substituents is 1. The zero-order chi connectivity index (χ0) is 23.3. The molecule has 0 N–H and O–H groups in total. The van der Waals surface area contributed by atoms with Crippen molar-refractivity contribution in [3.05, 3.63) is 68.8 Å². The van der Waals surface area contributed by atoms with Gasteiger partial charge < -0.3 is 9.64 Å². The lowest BCUT2D eigenvalue weighted by atomic mass is 10.0. The van der Waals surface area contributed by atoms with E-state index in [0.29, 0.717) is 5.56 Å². The van der Waals surface area contributed by atoms with Crippen LogP contribution in [0, 0.1) is 24.0 Å². The van der Waals surface area contributed by atoms with Crippen LogP contribution < -0.4 is 4.90 Å². The molecule has 0 bridgehead atoms. The fraction of sp³-hybridized carbons (Fsp3) is 0.333. The molecule has 2 aromatic carbocycles. The number of rotatable bonds is 7. The highest BCUT2D eigenvalue weighted by Crippen LogP contribution is 2.27. The number of nitro groups is 1. The monoisotopic (exact) mass is 446 g/mol. The molecule has 2 amide bonds. The van der Waals surface area contributed by atoms with Gasteiger partial charge in [0.05, 0.1) is 22.6 Å². The highest BCUT2D eigenvalue weighted by Gasteiger charge is 2.21. The van der Waals surface area contributed by atoms with E-state index in [-0.39, 0.29) is 23.8 Å². The third-order valence-corrected chi connectivity index (χ3v) is 5.32. The van der Waals surface area contributed by atoms with E-state index in [4.69, 9.17) is 4.74 Å². The van der Waals surface area contributed by atoms with Gasteiger partial charge >= 0.3 is 6.09 Å². The molecule has 0 aliphatic heterocycles. The Labute approximate surface area is 186 Å². The SMILES string of the molecule is Cc1cc(C(=O)N(C)SN(C)C(=O)OCc2ccccc2[N+](=O)[O-])cc(C)c1N(C)C. The smallest absolute Gasteiger partial charge is 0.421 e. The lowest BCUT2D eigenvalue weighted by Crippen LogP contribution is -2.29. The summed E-state index contributed by atoms with van der Waals surface area (Å²) in [6.45, 7) is 3.64.